The summed E-state index contributed by atoms with van der Waals surface area (Å²) < 4.78 is 0. The van der Waals surface area contributed by atoms with E-state index in [1.165, 1.54) is 0 Å². The van der Waals surface area contributed by atoms with Crippen LogP contribution in [-0.2, 0) is 6.54 Å². The van der Waals surface area contributed by atoms with E-state index >= 15 is 0 Å². The van der Waals surface area contributed by atoms with Crippen molar-refractivity contribution in [2.75, 3.05) is 6.54 Å². The molecule has 2 aromatic carbocycles. The van der Waals surface area contributed by atoms with Gasteiger partial charge in [0.25, 0.3) is 0 Å². The van der Waals surface area contributed by atoms with Gasteiger partial charge in [0.2, 0.25) is 0 Å². The van der Waals surface area contributed by atoms with E-state index < -0.39 is 6.10 Å². The Morgan fingerprint density at radius 3 is 2.47 bits per heavy atom. The van der Waals surface area contributed by atoms with E-state index in [1.807, 2.05) is 54.6 Å². The molecule has 102 valence electrons. The highest BCUT2D eigenvalue weighted by atomic mass is 35.5. The van der Waals surface area contributed by atoms with Crippen molar-refractivity contribution in [3.8, 4) is 0 Å². The van der Waals surface area contributed by atoms with Crippen molar-refractivity contribution in [2.45, 2.75) is 12.6 Å². The van der Waals surface area contributed by atoms with Gasteiger partial charge in [-0.15, -0.1) is 12.4 Å². The molecule has 0 aromatic heterocycles. The third-order valence-corrected chi connectivity index (χ3v) is 2.98. The summed E-state index contributed by atoms with van der Waals surface area (Å²) in [6.45, 7) is 1.22. The number of aliphatic hydroxyl groups is 1. The average molecular weight is 298 g/mol. The molecule has 2 aromatic rings. The predicted molar refractivity (Wildman–Crippen MR) is 81.8 cm³/mol. The van der Waals surface area contributed by atoms with Gasteiger partial charge < -0.3 is 10.4 Å². The normalized spacial score (nSPS) is 11.7. The van der Waals surface area contributed by atoms with Crippen molar-refractivity contribution in [2.24, 2.45) is 0 Å². The van der Waals surface area contributed by atoms with Crippen molar-refractivity contribution >= 4 is 24.0 Å². The van der Waals surface area contributed by atoms with Gasteiger partial charge in [-0.2, -0.15) is 0 Å². The quantitative estimate of drug-likeness (QED) is 0.884. The first-order valence-corrected chi connectivity index (χ1v) is 6.31. The zero-order valence-corrected chi connectivity index (χ0v) is 12.0. The second kappa shape index (κ2) is 8.18. The van der Waals surface area contributed by atoms with Gasteiger partial charge in [0.05, 0.1) is 6.10 Å². The van der Waals surface area contributed by atoms with Crippen LogP contribution >= 0.6 is 24.0 Å². The lowest BCUT2D eigenvalue weighted by molar-refractivity contribution is 0.174. The topological polar surface area (TPSA) is 32.3 Å². The number of aliphatic hydroxyl groups excluding tert-OH is 1. The zero-order chi connectivity index (χ0) is 12.8. The number of halogens is 2. The Bertz CT molecular complexity index is 491. The van der Waals surface area contributed by atoms with Crippen LogP contribution < -0.4 is 5.32 Å². The Morgan fingerprint density at radius 1 is 1.05 bits per heavy atom. The summed E-state index contributed by atoms with van der Waals surface area (Å²) >= 11 is 5.91. The SMILES string of the molecule is Cl.OC(CNCc1cccc(Cl)c1)c1ccccc1. The van der Waals surface area contributed by atoms with Crippen LogP contribution in [-0.4, -0.2) is 11.7 Å². The molecule has 1 atom stereocenters. The molecular weight excluding hydrogens is 281 g/mol. The Labute approximate surface area is 124 Å². The first-order chi connectivity index (χ1) is 8.75. The van der Waals surface area contributed by atoms with E-state index in [1.54, 1.807) is 0 Å². The van der Waals surface area contributed by atoms with Gasteiger partial charge in [0.1, 0.15) is 0 Å². The van der Waals surface area contributed by atoms with Gasteiger partial charge >= 0.3 is 0 Å². The van der Waals surface area contributed by atoms with E-state index in [4.69, 9.17) is 11.6 Å². The highest BCUT2D eigenvalue weighted by Crippen LogP contribution is 2.12. The maximum atomic E-state index is 9.96. The second-order valence-electron chi connectivity index (χ2n) is 4.19. The molecule has 0 amide bonds. The van der Waals surface area contributed by atoms with Gasteiger partial charge in [-0.3, -0.25) is 0 Å². The smallest absolute Gasteiger partial charge is 0.0914 e. The number of hydrogen-bond acceptors (Lipinski definition) is 2. The van der Waals surface area contributed by atoms with Crippen LogP contribution in [0.2, 0.25) is 5.02 Å². The van der Waals surface area contributed by atoms with Gasteiger partial charge in [0, 0.05) is 18.1 Å². The fraction of sp³-hybridized carbons (Fsp3) is 0.200. The van der Waals surface area contributed by atoms with E-state index in [0.29, 0.717) is 13.1 Å². The minimum Gasteiger partial charge on any atom is -0.387 e. The number of hydrogen-bond donors (Lipinski definition) is 2. The first-order valence-electron chi connectivity index (χ1n) is 5.94. The van der Waals surface area contributed by atoms with Crippen LogP contribution in [0.5, 0.6) is 0 Å². The second-order valence-corrected chi connectivity index (χ2v) is 4.62. The standard InChI is InChI=1S/C15H16ClNO.ClH/c16-14-8-4-5-12(9-14)10-17-11-15(18)13-6-2-1-3-7-13;/h1-9,15,17-18H,10-11H2;1H. The lowest BCUT2D eigenvalue weighted by atomic mass is 10.1. The lowest BCUT2D eigenvalue weighted by Gasteiger charge is -2.12. The maximum Gasteiger partial charge on any atom is 0.0914 e. The summed E-state index contributed by atoms with van der Waals surface area (Å²) in [7, 11) is 0. The van der Waals surface area contributed by atoms with Crippen molar-refractivity contribution < 1.29 is 5.11 Å². The van der Waals surface area contributed by atoms with Crippen molar-refractivity contribution in [3.63, 3.8) is 0 Å². The Balaban J connectivity index is 0.00000180. The number of benzene rings is 2. The average Bonchev–Trinajstić information content (AvgIpc) is 2.40. The molecule has 2 rings (SSSR count). The molecule has 0 saturated carbocycles. The summed E-state index contributed by atoms with van der Waals surface area (Å²) in [5.74, 6) is 0. The van der Waals surface area contributed by atoms with Crippen LogP contribution in [0.15, 0.2) is 54.6 Å². The van der Waals surface area contributed by atoms with Gasteiger partial charge in [-0.1, -0.05) is 54.1 Å². The van der Waals surface area contributed by atoms with E-state index in [0.717, 1.165) is 16.1 Å². The molecule has 0 aliphatic rings. The molecule has 0 saturated heterocycles. The maximum absolute atomic E-state index is 9.96. The molecule has 2 nitrogen and oxygen atoms in total. The Kier molecular flexibility index (Phi) is 6.89. The summed E-state index contributed by atoms with van der Waals surface area (Å²) in [6.07, 6.45) is -0.481. The molecule has 4 heteroatoms. The molecule has 0 heterocycles. The third kappa shape index (κ3) is 5.21. The Morgan fingerprint density at radius 2 is 1.79 bits per heavy atom. The molecular formula is C15H17Cl2NO. The minimum atomic E-state index is -0.481. The van der Waals surface area contributed by atoms with E-state index in [-0.39, 0.29) is 12.4 Å². The van der Waals surface area contributed by atoms with Gasteiger partial charge in [-0.05, 0) is 23.3 Å². The first kappa shape index (κ1) is 16.0. The fourth-order valence-electron chi connectivity index (χ4n) is 1.79. The van der Waals surface area contributed by atoms with Crippen LogP contribution in [0, 0.1) is 0 Å². The van der Waals surface area contributed by atoms with Crippen LogP contribution in [0.3, 0.4) is 0 Å². The highest BCUT2D eigenvalue weighted by molar-refractivity contribution is 6.30. The van der Waals surface area contributed by atoms with Crippen molar-refractivity contribution in [3.05, 3.63) is 70.7 Å². The number of nitrogens with one attached hydrogen (secondary N) is 1. The molecule has 0 aliphatic carbocycles. The highest BCUT2D eigenvalue weighted by Gasteiger charge is 2.05. The monoisotopic (exact) mass is 297 g/mol. The summed E-state index contributed by atoms with van der Waals surface area (Å²) in [5, 5.41) is 13.9. The lowest BCUT2D eigenvalue weighted by Crippen LogP contribution is -2.20. The minimum absolute atomic E-state index is 0. The summed E-state index contributed by atoms with van der Waals surface area (Å²) in [6, 6.07) is 17.3. The zero-order valence-electron chi connectivity index (χ0n) is 10.4. The van der Waals surface area contributed by atoms with Crippen molar-refractivity contribution in [1.82, 2.24) is 5.32 Å². The van der Waals surface area contributed by atoms with Crippen LogP contribution in [0.25, 0.3) is 0 Å². The molecule has 0 spiro atoms. The molecule has 0 aliphatic heterocycles. The van der Waals surface area contributed by atoms with Crippen LogP contribution in [0.1, 0.15) is 17.2 Å². The molecule has 2 N–H and O–H groups in total. The van der Waals surface area contributed by atoms with E-state index in [9.17, 15) is 5.11 Å². The van der Waals surface area contributed by atoms with Gasteiger partial charge in [0.15, 0.2) is 0 Å². The van der Waals surface area contributed by atoms with Gasteiger partial charge in [-0.25, -0.2) is 0 Å². The predicted octanol–water partition coefficient (Wildman–Crippen LogP) is 3.59. The third-order valence-electron chi connectivity index (χ3n) is 2.74. The molecule has 19 heavy (non-hydrogen) atoms. The van der Waals surface area contributed by atoms with Crippen LogP contribution in [0.4, 0.5) is 0 Å². The fourth-order valence-corrected chi connectivity index (χ4v) is 2.01. The molecule has 0 bridgehead atoms. The molecule has 1 unspecified atom stereocenters. The molecule has 0 fully saturated rings. The molecule has 0 radical (unpaired) electrons. The summed E-state index contributed by atoms with van der Waals surface area (Å²) in [5.41, 5.74) is 2.04. The Hall–Kier alpha value is -1.06. The number of rotatable bonds is 5. The van der Waals surface area contributed by atoms with E-state index in [2.05, 4.69) is 5.32 Å². The largest absolute Gasteiger partial charge is 0.387 e. The van der Waals surface area contributed by atoms with Crippen molar-refractivity contribution in [1.29, 1.82) is 0 Å². The summed E-state index contributed by atoms with van der Waals surface area (Å²) in [4.78, 5) is 0.